The molecule has 0 fully saturated rings. The molecule has 0 bridgehead atoms. The van der Waals surface area contributed by atoms with Crippen molar-refractivity contribution in [1.82, 2.24) is 15.0 Å². The van der Waals surface area contributed by atoms with Gasteiger partial charge in [0.2, 0.25) is 0 Å². The van der Waals surface area contributed by atoms with E-state index < -0.39 is 6.10 Å². The van der Waals surface area contributed by atoms with Gasteiger partial charge in [-0.2, -0.15) is 5.26 Å². The Labute approximate surface area is 212 Å². The highest BCUT2D eigenvalue weighted by atomic mass is 19.1. The first-order valence-electron chi connectivity index (χ1n) is 11.7. The Kier molecular flexibility index (Phi) is 6.58. The molecule has 2 aromatic heterocycles. The number of nitrogens with one attached hydrogen (secondary N) is 2. The van der Waals surface area contributed by atoms with Crippen LogP contribution in [0.5, 0.6) is 11.5 Å². The van der Waals surface area contributed by atoms with Crippen molar-refractivity contribution in [3.8, 4) is 28.8 Å². The number of nitriles is 1. The number of benzene rings is 3. The molecule has 1 atom stereocenters. The van der Waals surface area contributed by atoms with E-state index in [-0.39, 0.29) is 19.0 Å². The number of aromatic amines is 1. The van der Waals surface area contributed by atoms with Crippen LogP contribution in [-0.4, -0.2) is 40.3 Å². The molecule has 0 radical (unpaired) electrons. The second-order valence-corrected chi connectivity index (χ2v) is 8.44. The molecular weight excluding hydrogens is 473 g/mol. The molecule has 0 amide bonds. The van der Waals surface area contributed by atoms with Crippen molar-refractivity contribution in [2.75, 3.05) is 25.6 Å². The summed E-state index contributed by atoms with van der Waals surface area (Å²) in [6, 6.07) is 19.3. The zero-order valence-electron chi connectivity index (χ0n) is 20.2. The number of aromatic nitrogens is 3. The van der Waals surface area contributed by atoms with Gasteiger partial charge in [-0.3, -0.25) is 0 Å². The van der Waals surface area contributed by atoms with E-state index in [0.717, 1.165) is 11.1 Å². The number of hydrogen-bond acceptors (Lipinski definition) is 7. The number of nitrogens with zero attached hydrogens (tertiary/aromatic N) is 3. The van der Waals surface area contributed by atoms with Crippen LogP contribution in [0, 0.1) is 24.1 Å². The van der Waals surface area contributed by atoms with Crippen molar-refractivity contribution >= 4 is 27.6 Å². The third-order valence-corrected chi connectivity index (χ3v) is 6.00. The smallest absolute Gasteiger partial charge is 0.174 e. The normalized spacial score (nSPS) is 11.9. The summed E-state index contributed by atoms with van der Waals surface area (Å²) in [4.78, 5) is 12.5. The van der Waals surface area contributed by atoms with Gasteiger partial charge in [-0.05, 0) is 42.8 Å². The van der Waals surface area contributed by atoms with Gasteiger partial charge >= 0.3 is 0 Å². The number of hydrogen-bond donors (Lipinski definition) is 3. The molecule has 37 heavy (non-hydrogen) atoms. The molecule has 9 heteroatoms. The van der Waals surface area contributed by atoms with Gasteiger partial charge in [0.05, 0.1) is 22.3 Å². The van der Waals surface area contributed by atoms with Gasteiger partial charge in [0.25, 0.3) is 0 Å². The molecule has 186 valence electrons. The quantitative estimate of drug-likeness (QED) is 0.267. The van der Waals surface area contributed by atoms with Gasteiger partial charge in [-0.15, -0.1) is 0 Å². The molecule has 5 aromatic rings. The lowest BCUT2D eigenvalue weighted by atomic mass is 10.0. The predicted octanol–water partition coefficient (Wildman–Crippen LogP) is 5.28. The summed E-state index contributed by atoms with van der Waals surface area (Å²) in [5.41, 5.74) is 3.89. The minimum atomic E-state index is -0.837. The number of aliphatic hydroxyl groups is 1. The lowest BCUT2D eigenvalue weighted by Gasteiger charge is -2.16. The molecule has 3 aromatic carbocycles. The summed E-state index contributed by atoms with van der Waals surface area (Å²) in [6.07, 6.45) is -0.837. The van der Waals surface area contributed by atoms with Crippen molar-refractivity contribution in [2.24, 2.45) is 0 Å². The van der Waals surface area contributed by atoms with Crippen LogP contribution < -0.4 is 14.8 Å². The minimum absolute atomic E-state index is 0.00233. The van der Waals surface area contributed by atoms with Gasteiger partial charge in [0.15, 0.2) is 18.1 Å². The lowest BCUT2D eigenvalue weighted by molar-refractivity contribution is 0.106. The van der Waals surface area contributed by atoms with E-state index in [1.54, 1.807) is 26.1 Å². The Balaban J connectivity index is 1.58. The second kappa shape index (κ2) is 10.1. The lowest BCUT2D eigenvalue weighted by Crippen LogP contribution is -2.10. The highest BCUT2D eigenvalue weighted by Crippen LogP contribution is 2.39. The van der Waals surface area contributed by atoms with Crippen LogP contribution in [0.2, 0.25) is 0 Å². The number of fused-ring (bicyclic) bond motifs is 3. The Hall–Kier alpha value is -4.68. The largest absolute Gasteiger partial charge is 0.487 e. The van der Waals surface area contributed by atoms with E-state index >= 15 is 0 Å². The molecule has 0 unspecified atom stereocenters. The van der Waals surface area contributed by atoms with E-state index in [9.17, 15) is 9.50 Å². The summed E-state index contributed by atoms with van der Waals surface area (Å²) in [7, 11) is 1.73. The molecule has 0 saturated heterocycles. The summed E-state index contributed by atoms with van der Waals surface area (Å²) in [6.45, 7) is 1.59. The Morgan fingerprint density at radius 2 is 1.89 bits per heavy atom. The SMILES string of the molecule is CNc1cc(F)cc2c1[nH]c1nc(C)nc(-c3ccc(OC[C@@H](O)c4ccccc4)c(OCC#N)c3)c12. The van der Waals surface area contributed by atoms with Crippen LogP contribution in [0.4, 0.5) is 10.1 Å². The number of aliphatic hydroxyl groups excluding tert-OH is 1. The Morgan fingerprint density at radius 1 is 1.08 bits per heavy atom. The Morgan fingerprint density at radius 3 is 2.65 bits per heavy atom. The Bertz CT molecular complexity index is 1630. The van der Waals surface area contributed by atoms with E-state index in [1.165, 1.54) is 12.1 Å². The monoisotopic (exact) mass is 497 g/mol. The molecule has 0 aliphatic heterocycles. The number of halogens is 1. The van der Waals surface area contributed by atoms with Gasteiger partial charge < -0.3 is 24.9 Å². The molecule has 8 nitrogen and oxygen atoms in total. The number of aryl methyl sites for hydroxylation is 1. The fraction of sp³-hybridized carbons (Fsp3) is 0.179. The van der Waals surface area contributed by atoms with E-state index in [1.807, 2.05) is 42.5 Å². The third kappa shape index (κ3) is 4.75. The van der Waals surface area contributed by atoms with Crippen LogP contribution in [0.3, 0.4) is 0 Å². The van der Waals surface area contributed by atoms with Gasteiger partial charge in [-0.1, -0.05) is 30.3 Å². The van der Waals surface area contributed by atoms with Crippen molar-refractivity contribution in [1.29, 1.82) is 5.26 Å². The summed E-state index contributed by atoms with van der Waals surface area (Å²) in [5.74, 6) is 0.846. The second-order valence-electron chi connectivity index (χ2n) is 8.44. The number of rotatable bonds is 8. The van der Waals surface area contributed by atoms with Gasteiger partial charge in [-0.25, -0.2) is 14.4 Å². The maximum atomic E-state index is 14.4. The average Bonchev–Trinajstić information content (AvgIpc) is 3.28. The van der Waals surface area contributed by atoms with Crippen LogP contribution in [-0.2, 0) is 0 Å². The molecule has 0 aliphatic carbocycles. The zero-order chi connectivity index (χ0) is 25.9. The molecule has 0 aliphatic rings. The fourth-order valence-corrected chi connectivity index (χ4v) is 4.32. The molecule has 0 spiro atoms. The molecule has 0 saturated carbocycles. The highest BCUT2D eigenvalue weighted by Gasteiger charge is 2.19. The van der Waals surface area contributed by atoms with Crippen LogP contribution >= 0.6 is 0 Å². The van der Waals surface area contributed by atoms with Crippen molar-refractivity contribution in [3.63, 3.8) is 0 Å². The molecule has 5 rings (SSSR count). The van der Waals surface area contributed by atoms with Crippen LogP contribution in [0.1, 0.15) is 17.5 Å². The maximum absolute atomic E-state index is 14.4. The van der Waals surface area contributed by atoms with E-state index in [2.05, 4.69) is 20.3 Å². The molecular formula is C28H24FN5O3. The molecule has 3 N–H and O–H groups in total. The van der Waals surface area contributed by atoms with Crippen molar-refractivity contribution < 1.29 is 19.0 Å². The first-order valence-corrected chi connectivity index (χ1v) is 11.7. The first kappa shape index (κ1) is 24.0. The highest BCUT2D eigenvalue weighted by molar-refractivity contribution is 6.15. The number of H-pyrrole nitrogens is 1. The fourth-order valence-electron chi connectivity index (χ4n) is 4.32. The van der Waals surface area contributed by atoms with Gasteiger partial charge in [0, 0.05) is 18.0 Å². The standard InChI is InChI=1S/C28H24FN5O3/c1-16-32-26(25-20-13-19(29)14-21(31-2)27(20)34-28(25)33-16)18-8-9-23(24(12-18)36-11-10-30)37-15-22(35)17-6-4-3-5-7-17/h3-9,12-14,22,31,35H,11,15H2,1-2H3,(H,32,33,34)/t22-/m1/s1. The number of anilines is 1. The summed E-state index contributed by atoms with van der Waals surface area (Å²) < 4.78 is 26.0. The van der Waals surface area contributed by atoms with Crippen molar-refractivity contribution in [2.45, 2.75) is 13.0 Å². The van der Waals surface area contributed by atoms with Crippen molar-refractivity contribution in [3.05, 3.63) is 77.9 Å². The van der Waals surface area contributed by atoms with Crippen LogP contribution in [0.25, 0.3) is 33.2 Å². The summed E-state index contributed by atoms with van der Waals surface area (Å²) in [5, 5.41) is 23.9. The zero-order valence-corrected chi connectivity index (χ0v) is 20.2. The first-order chi connectivity index (χ1) is 18.0. The molecule has 2 heterocycles. The average molecular weight is 498 g/mol. The maximum Gasteiger partial charge on any atom is 0.174 e. The topological polar surface area (TPSA) is 116 Å². The van der Waals surface area contributed by atoms with Gasteiger partial charge in [0.1, 0.15) is 36.1 Å². The third-order valence-electron chi connectivity index (χ3n) is 6.00. The predicted molar refractivity (Wildman–Crippen MR) is 139 cm³/mol. The number of ether oxygens (including phenoxy) is 2. The van der Waals surface area contributed by atoms with E-state index in [4.69, 9.17) is 14.7 Å². The van der Waals surface area contributed by atoms with Crippen LogP contribution in [0.15, 0.2) is 60.7 Å². The minimum Gasteiger partial charge on any atom is -0.487 e. The summed E-state index contributed by atoms with van der Waals surface area (Å²) >= 11 is 0. The van der Waals surface area contributed by atoms with E-state index in [0.29, 0.717) is 50.7 Å².